The third-order valence-corrected chi connectivity index (χ3v) is 12.8. The highest BCUT2D eigenvalue weighted by molar-refractivity contribution is 6.22. The SMILES string of the molecule is CC1(C)c2ccccc2-c2c1ccc1c2-c2cc(-c3cccc(-c4c5ccccc5c(-c5ccc6ccccc6c5)c5ccccc45)c3)ccc2C1(C)C. The van der Waals surface area contributed by atoms with Crippen molar-refractivity contribution < 1.29 is 0 Å². The normalized spacial score (nSPS) is 14.6. The minimum atomic E-state index is -0.0770. The van der Waals surface area contributed by atoms with Gasteiger partial charge in [-0.1, -0.05) is 179 Å². The smallest absolute Gasteiger partial charge is 0.0159 e. The summed E-state index contributed by atoms with van der Waals surface area (Å²) in [5.74, 6) is 0. The quantitative estimate of drug-likeness (QED) is 0.162. The zero-order valence-corrected chi connectivity index (χ0v) is 31.2. The summed E-state index contributed by atoms with van der Waals surface area (Å²) in [6.07, 6.45) is 0. The number of fused-ring (bicyclic) bond motifs is 10. The van der Waals surface area contributed by atoms with Gasteiger partial charge in [0.1, 0.15) is 0 Å². The average molecular weight is 689 g/mol. The van der Waals surface area contributed by atoms with Crippen molar-refractivity contribution in [3.8, 4) is 55.6 Å². The minimum Gasteiger partial charge on any atom is -0.0619 e. The van der Waals surface area contributed by atoms with E-state index in [2.05, 4.69) is 198 Å². The van der Waals surface area contributed by atoms with Crippen molar-refractivity contribution in [1.29, 1.82) is 0 Å². The van der Waals surface area contributed by atoms with Crippen LogP contribution < -0.4 is 0 Å². The van der Waals surface area contributed by atoms with E-state index in [1.54, 1.807) is 0 Å². The average Bonchev–Trinajstić information content (AvgIpc) is 3.59. The van der Waals surface area contributed by atoms with Crippen molar-refractivity contribution in [3.05, 3.63) is 192 Å². The Morgan fingerprint density at radius 3 is 1.41 bits per heavy atom. The molecule has 0 spiro atoms. The van der Waals surface area contributed by atoms with Crippen LogP contribution in [0.4, 0.5) is 0 Å². The van der Waals surface area contributed by atoms with Crippen molar-refractivity contribution in [2.45, 2.75) is 38.5 Å². The Bertz CT molecular complexity index is 2990. The maximum atomic E-state index is 2.48. The van der Waals surface area contributed by atoms with Crippen LogP contribution in [0, 0.1) is 0 Å². The molecule has 256 valence electrons. The summed E-state index contributed by atoms with van der Waals surface area (Å²) in [6, 6.07) is 63.9. The lowest BCUT2D eigenvalue weighted by molar-refractivity contribution is 0.651. The summed E-state index contributed by atoms with van der Waals surface area (Å²) in [6.45, 7) is 9.56. The van der Waals surface area contributed by atoms with E-state index in [0.29, 0.717) is 0 Å². The number of hydrogen-bond acceptors (Lipinski definition) is 0. The Morgan fingerprint density at radius 1 is 0.278 bits per heavy atom. The molecule has 0 heteroatoms. The van der Waals surface area contributed by atoms with Crippen LogP contribution in [0.3, 0.4) is 0 Å². The first kappa shape index (κ1) is 31.3. The Balaban J connectivity index is 1.11. The number of rotatable bonds is 3. The van der Waals surface area contributed by atoms with Crippen LogP contribution in [-0.4, -0.2) is 0 Å². The highest BCUT2D eigenvalue weighted by Crippen LogP contribution is 2.59. The van der Waals surface area contributed by atoms with E-state index in [9.17, 15) is 0 Å². The molecule has 0 saturated carbocycles. The van der Waals surface area contributed by atoms with Gasteiger partial charge in [0, 0.05) is 10.8 Å². The van der Waals surface area contributed by atoms with Gasteiger partial charge in [0.2, 0.25) is 0 Å². The summed E-state index contributed by atoms with van der Waals surface area (Å²) >= 11 is 0. The van der Waals surface area contributed by atoms with Crippen LogP contribution in [0.15, 0.2) is 170 Å². The molecule has 0 aromatic heterocycles. The van der Waals surface area contributed by atoms with Crippen LogP contribution in [0.25, 0.3) is 88.0 Å². The minimum absolute atomic E-state index is 0.0325. The van der Waals surface area contributed by atoms with E-state index in [4.69, 9.17) is 0 Å². The summed E-state index contributed by atoms with van der Waals surface area (Å²) in [5.41, 5.74) is 18.8. The lowest BCUT2D eigenvalue weighted by Crippen LogP contribution is -2.17. The molecule has 0 bridgehead atoms. The highest BCUT2D eigenvalue weighted by atomic mass is 14.5. The van der Waals surface area contributed by atoms with Crippen molar-refractivity contribution >= 4 is 32.3 Å². The van der Waals surface area contributed by atoms with Crippen molar-refractivity contribution in [1.82, 2.24) is 0 Å². The fourth-order valence-corrected chi connectivity index (χ4v) is 10.2. The van der Waals surface area contributed by atoms with E-state index in [1.165, 1.54) is 110 Å². The maximum absolute atomic E-state index is 2.48. The molecule has 54 heavy (non-hydrogen) atoms. The third kappa shape index (κ3) is 4.26. The van der Waals surface area contributed by atoms with Crippen LogP contribution in [-0.2, 0) is 10.8 Å². The Kier molecular flexibility index (Phi) is 6.46. The molecule has 2 aliphatic rings. The first-order valence-corrected chi connectivity index (χ1v) is 19.3. The van der Waals surface area contributed by atoms with Gasteiger partial charge in [-0.15, -0.1) is 0 Å². The Labute approximate surface area is 317 Å². The molecule has 0 heterocycles. The molecular weight excluding hydrogens is 649 g/mol. The number of benzene rings is 9. The largest absolute Gasteiger partial charge is 0.0619 e. The van der Waals surface area contributed by atoms with Crippen LogP contribution >= 0.6 is 0 Å². The van der Waals surface area contributed by atoms with Gasteiger partial charge in [-0.3, -0.25) is 0 Å². The molecule has 0 saturated heterocycles. The first-order chi connectivity index (χ1) is 26.3. The van der Waals surface area contributed by atoms with E-state index in [0.717, 1.165) is 0 Å². The first-order valence-electron chi connectivity index (χ1n) is 19.3. The fraction of sp³-hybridized carbons (Fsp3) is 0.111. The third-order valence-electron chi connectivity index (χ3n) is 12.8. The Hall–Kier alpha value is -6.24. The van der Waals surface area contributed by atoms with Gasteiger partial charge in [-0.05, 0) is 128 Å². The van der Waals surface area contributed by atoms with E-state index < -0.39 is 0 Å². The molecule has 11 rings (SSSR count). The summed E-state index contributed by atoms with van der Waals surface area (Å²) < 4.78 is 0. The van der Waals surface area contributed by atoms with E-state index in [1.807, 2.05) is 0 Å². The number of hydrogen-bond donors (Lipinski definition) is 0. The summed E-state index contributed by atoms with van der Waals surface area (Å²) in [4.78, 5) is 0. The predicted octanol–water partition coefficient (Wildman–Crippen LogP) is 14.8. The molecule has 0 aliphatic heterocycles. The zero-order chi connectivity index (χ0) is 36.3. The molecule has 0 amide bonds. The van der Waals surface area contributed by atoms with Gasteiger partial charge < -0.3 is 0 Å². The molecule has 0 fully saturated rings. The topological polar surface area (TPSA) is 0 Å². The monoisotopic (exact) mass is 688 g/mol. The van der Waals surface area contributed by atoms with Crippen molar-refractivity contribution in [2.24, 2.45) is 0 Å². The maximum Gasteiger partial charge on any atom is 0.0159 e. The molecule has 0 radical (unpaired) electrons. The molecule has 0 atom stereocenters. The molecule has 9 aromatic carbocycles. The standard InChI is InChI=1S/C54H40/c1-53(2)45-23-12-11-22-43(45)51-47(53)28-29-48-52(51)44-32-36(26-27-46(44)54(48,3)4)35-16-13-17-37(31-35)49-39-18-7-9-20-41(39)50(42-21-10-8-19-40(42)49)38-25-24-33-14-5-6-15-34(33)30-38/h5-32H,1-4H3. The molecule has 0 unspecified atom stereocenters. The second-order valence-electron chi connectivity index (χ2n) is 16.5. The highest BCUT2D eigenvalue weighted by Gasteiger charge is 2.43. The van der Waals surface area contributed by atoms with Gasteiger partial charge in [0.15, 0.2) is 0 Å². The van der Waals surface area contributed by atoms with Gasteiger partial charge in [0.05, 0.1) is 0 Å². The van der Waals surface area contributed by atoms with Crippen LogP contribution in [0.5, 0.6) is 0 Å². The fourth-order valence-electron chi connectivity index (χ4n) is 10.2. The van der Waals surface area contributed by atoms with E-state index in [-0.39, 0.29) is 10.8 Å². The molecular formula is C54H40. The van der Waals surface area contributed by atoms with Crippen LogP contribution in [0.2, 0.25) is 0 Å². The van der Waals surface area contributed by atoms with Crippen LogP contribution in [0.1, 0.15) is 49.9 Å². The Morgan fingerprint density at radius 2 is 0.741 bits per heavy atom. The molecule has 0 N–H and O–H groups in total. The van der Waals surface area contributed by atoms with Gasteiger partial charge in [0.25, 0.3) is 0 Å². The van der Waals surface area contributed by atoms with Gasteiger partial charge in [-0.2, -0.15) is 0 Å². The van der Waals surface area contributed by atoms with Crippen molar-refractivity contribution in [2.75, 3.05) is 0 Å². The van der Waals surface area contributed by atoms with E-state index >= 15 is 0 Å². The molecule has 2 aliphatic carbocycles. The lowest BCUT2D eigenvalue weighted by Gasteiger charge is -2.24. The second-order valence-corrected chi connectivity index (χ2v) is 16.5. The van der Waals surface area contributed by atoms with Crippen molar-refractivity contribution in [3.63, 3.8) is 0 Å². The van der Waals surface area contributed by atoms with Gasteiger partial charge >= 0.3 is 0 Å². The second kappa shape index (κ2) is 11.1. The summed E-state index contributed by atoms with van der Waals surface area (Å²) in [5, 5.41) is 7.63. The van der Waals surface area contributed by atoms with Gasteiger partial charge in [-0.25, -0.2) is 0 Å². The summed E-state index contributed by atoms with van der Waals surface area (Å²) in [7, 11) is 0. The zero-order valence-electron chi connectivity index (χ0n) is 31.2. The molecule has 9 aromatic rings. The molecule has 0 nitrogen and oxygen atoms in total. The lowest BCUT2D eigenvalue weighted by atomic mass is 9.79. The predicted molar refractivity (Wildman–Crippen MR) is 230 cm³/mol.